The van der Waals surface area contributed by atoms with Crippen LogP contribution in [-0.4, -0.2) is 23.7 Å². The number of nitrogens with zero attached hydrogens (tertiary/aromatic N) is 2. The fraction of sp³-hybridized carbons (Fsp3) is 0.231. The van der Waals surface area contributed by atoms with Crippen LogP contribution >= 0.6 is 0 Å². The first-order chi connectivity index (χ1) is 9.44. The molecule has 2 aromatic rings. The molecule has 0 saturated carbocycles. The van der Waals surface area contributed by atoms with E-state index in [-0.39, 0.29) is 17.3 Å². The Morgan fingerprint density at radius 2 is 2.05 bits per heavy atom. The number of sulfonamides is 1. The van der Waals surface area contributed by atoms with Crippen LogP contribution in [0, 0.1) is 13.8 Å². The van der Waals surface area contributed by atoms with E-state index in [2.05, 4.69) is 14.9 Å². The van der Waals surface area contributed by atoms with Crippen LogP contribution in [0.3, 0.4) is 0 Å². The first-order valence-corrected chi connectivity index (χ1v) is 7.44. The number of hydrogen-bond acceptors (Lipinski definition) is 5. The van der Waals surface area contributed by atoms with Crippen molar-refractivity contribution in [3.63, 3.8) is 0 Å². The molecule has 0 aliphatic rings. The average Bonchev–Trinajstić information content (AvgIpc) is 2.42. The van der Waals surface area contributed by atoms with Crippen LogP contribution in [0.2, 0.25) is 0 Å². The van der Waals surface area contributed by atoms with Gasteiger partial charge in [-0.05, 0) is 48.7 Å². The summed E-state index contributed by atoms with van der Waals surface area (Å²) in [6.45, 7) is 3.31. The van der Waals surface area contributed by atoms with Gasteiger partial charge in [0.25, 0.3) is 10.0 Å². The summed E-state index contributed by atoms with van der Waals surface area (Å²) in [5.74, 6) is 0.152. The molecule has 1 heterocycles. The van der Waals surface area contributed by atoms with Crippen molar-refractivity contribution in [2.45, 2.75) is 25.3 Å². The van der Waals surface area contributed by atoms with E-state index in [1.54, 1.807) is 26.0 Å². The van der Waals surface area contributed by atoms with Crippen molar-refractivity contribution >= 4 is 15.8 Å². The predicted octanol–water partition coefficient (Wildman–Crippen LogP) is 1.39. The molecule has 1 aromatic heterocycles. The molecule has 0 amide bonds. The molecule has 0 saturated heterocycles. The van der Waals surface area contributed by atoms with Crippen molar-refractivity contribution in [3.8, 4) is 0 Å². The van der Waals surface area contributed by atoms with Gasteiger partial charge in [0.1, 0.15) is 0 Å². The smallest absolute Gasteiger partial charge is 0.263 e. The number of aromatic nitrogens is 2. The van der Waals surface area contributed by atoms with Gasteiger partial charge in [-0.15, -0.1) is 5.10 Å². The number of nitrogens with one attached hydrogen (secondary N) is 1. The first-order valence-electron chi connectivity index (χ1n) is 5.95. The van der Waals surface area contributed by atoms with Crippen LogP contribution in [-0.2, 0) is 16.6 Å². The third-order valence-electron chi connectivity index (χ3n) is 2.96. The third kappa shape index (κ3) is 2.94. The molecule has 2 N–H and O–H groups in total. The monoisotopic (exact) mass is 293 g/mol. The van der Waals surface area contributed by atoms with Gasteiger partial charge in [-0.25, -0.2) is 8.42 Å². The number of aryl methyl sites for hydroxylation is 1. The van der Waals surface area contributed by atoms with Crippen molar-refractivity contribution in [1.82, 2.24) is 10.2 Å². The Bertz CT molecular complexity index is 715. The topological polar surface area (TPSA) is 92.2 Å². The number of aliphatic hydroxyl groups excluding tert-OH is 1. The Morgan fingerprint density at radius 3 is 2.65 bits per heavy atom. The second-order valence-electron chi connectivity index (χ2n) is 4.41. The van der Waals surface area contributed by atoms with E-state index < -0.39 is 10.0 Å². The minimum Gasteiger partial charge on any atom is -0.392 e. The molecule has 20 heavy (non-hydrogen) atoms. The van der Waals surface area contributed by atoms with E-state index in [0.29, 0.717) is 11.1 Å². The van der Waals surface area contributed by atoms with Gasteiger partial charge in [0.2, 0.25) is 0 Å². The zero-order valence-corrected chi connectivity index (χ0v) is 12.0. The van der Waals surface area contributed by atoms with Gasteiger partial charge in [-0.3, -0.25) is 4.72 Å². The first kappa shape index (κ1) is 14.4. The highest BCUT2D eigenvalue weighted by Gasteiger charge is 2.19. The lowest BCUT2D eigenvalue weighted by Gasteiger charge is -2.12. The second-order valence-corrected chi connectivity index (χ2v) is 6.06. The van der Waals surface area contributed by atoms with Gasteiger partial charge < -0.3 is 5.11 Å². The highest BCUT2D eigenvalue weighted by molar-refractivity contribution is 7.92. The molecule has 0 radical (unpaired) electrons. The minimum absolute atomic E-state index is 0.132. The SMILES string of the molecule is Cc1cc(CO)cc(S(=O)(=O)Nc2cccnn2)c1C. The number of benzene rings is 1. The standard InChI is InChI=1S/C13H15N3O3S/c1-9-6-11(8-17)7-12(10(9)2)20(18,19)16-13-4-3-5-14-15-13/h3-7,17H,8H2,1-2H3,(H,15,16). The molecular weight excluding hydrogens is 278 g/mol. The lowest BCUT2D eigenvalue weighted by Crippen LogP contribution is -2.16. The number of hydrogen-bond donors (Lipinski definition) is 2. The van der Waals surface area contributed by atoms with Crippen molar-refractivity contribution in [2.75, 3.05) is 4.72 Å². The summed E-state index contributed by atoms with van der Waals surface area (Å²) in [7, 11) is -3.76. The normalized spacial score (nSPS) is 11.3. The Hall–Kier alpha value is -1.99. The quantitative estimate of drug-likeness (QED) is 0.888. The van der Waals surface area contributed by atoms with Crippen LogP contribution in [0.1, 0.15) is 16.7 Å². The summed E-state index contributed by atoms with van der Waals surface area (Å²) in [4.78, 5) is 0.132. The summed E-state index contributed by atoms with van der Waals surface area (Å²) in [6, 6.07) is 6.33. The van der Waals surface area contributed by atoms with Gasteiger partial charge in [0.05, 0.1) is 11.5 Å². The molecular formula is C13H15N3O3S. The Morgan fingerprint density at radius 1 is 1.30 bits per heavy atom. The fourth-order valence-electron chi connectivity index (χ4n) is 1.82. The summed E-state index contributed by atoms with van der Waals surface area (Å²) < 4.78 is 27.1. The molecule has 6 nitrogen and oxygen atoms in total. The number of anilines is 1. The van der Waals surface area contributed by atoms with E-state index in [0.717, 1.165) is 5.56 Å². The maximum absolute atomic E-state index is 12.4. The van der Waals surface area contributed by atoms with Crippen LogP contribution < -0.4 is 4.72 Å². The maximum Gasteiger partial charge on any atom is 0.263 e. The third-order valence-corrected chi connectivity index (χ3v) is 4.44. The van der Waals surface area contributed by atoms with Crippen LogP contribution in [0.25, 0.3) is 0 Å². The Labute approximate surface area is 117 Å². The van der Waals surface area contributed by atoms with Gasteiger partial charge in [0.15, 0.2) is 5.82 Å². The van der Waals surface area contributed by atoms with Gasteiger partial charge >= 0.3 is 0 Å². The molecule has 0 aliphatic carbocycles. The molecule has 0 fully saturated rings. The van der Waals surface area contributed by atoms with E-state index in [9.17, 15) is 13.5 Å². The highest BCUT2D eigenvalue weighted by Crippen LogP contribution is 2.23. The Balaban J connectivity index is 2.47. The summed E-state index contributed by atoms with van der Waals surface area (Å²) >= 11 is 0. The molecule has 0 unspecified atom stereocenters. The fourth-order valence-corrected chi connectivity index (χ4v) is 3.18. The van der Waals surface area contributed by atoms with Crippen molar-refractivity contribution in [2.24, 2.45) is 0 Å². The average molecular weight is 293 g/mol. The molecule has 0 atom stereocenters. The molecule has 7 heteroatoms. The van der Waals surface area contributed by atoms with Crippen LogP contribution in [0.4, 0.5) is 5.82 Å². The molecule has 0 aliphatic heterocycles. The lowest BCUT2D eigenvalue weighted by atomic mass is 10.1. The zero-order valence-electron chi connectivity index (χ0n) is 11.2. The minimum atomic E-state index is -3.76. The van der Waals surface area contributed by atoms with Crippen LogP contribution in [0.5, 0.6) is 0 Å². The van der Waals surface area contributed by atoms with E-state index in [1.165, 1.54) is 18.3 Å². The number of aliphatic hydroxyl groups is 1. The van der Waals surface area contributed by atoms with Crippen molar-refractivity contribution in [1.29, 1.82) is 0 Å². The molecule has 0 bridgehead atoms. The Kier molecular flexibility index (Phi) is 4.01. The summed E-state index contributed by atoms with van der Waals surface area (Å²) in [5.41, 5.74) is 1.99. The second kappa shape index (κ2) is 5.56. The van der Waals surface area contributed by atoms with E-state index >= 15 is 0 Å². The van der Waals surface area contributed by atoms with Gasteiger partial charge in [-0.2, -0.15) is 5.10 Å². The molecule has 2 rings (SSSR count). The van der Waals surface area contributed by atoms with Gasteiger partial charge in [0, 0.05) is 6.20 Å². The largest absolute Gasteiger partial charge is 0.392 e. The molecule has 1 aromatic carbocycles. The number of rotatable bonds is 4. The van der Waals surface area contributed by atoms with Crippen molar-refractivity contribution in [3.05, 3.63) is 47.2 Å². The van der Waals surface area contributed by atoms with Crippen molar-refractivity contribution < 1.29 is 13.5 Å². The van der Waals surface area contributed by atoms with E-state index in [1.807, 2.05) is 0 Å². The molecule has 106 valence electrons. The molecule has 0 spiro atoms. The van der Waals surface area contributed by atoms with Crippen LogP contribution in [0.15, 0.2) is 35.4 Å². The summed E-state index contributed by atoms with van der Waals surface area (Å²) in [6.07, 6.45) is 1.46. The zero-order chi connectivity index (χ0) is 14.8. The highest BCUT2D eigenvalue weighted by atomic mass is 32.2. The van der Waals surface area contributed by atoms with E-state index in [4.69, 9.17) is 0 Å². The summed E-state index contributed by atoms with van der Waals surface area (Å²) in [5, 5.41) is 16.5. The predicted molar refractivity (Wildman–Crippen MR) is 74.7 cm³/mol. The van der Waals surface area contributed by atoms with Gasteiger partial charge in [-0.1, -0.05) is 6.07 Å². The lowest BCUT2D eigenvalue weighted by molar-refractivity contribution is 0.281. The maximum atomic E-state index is 12.4.